The number of halogens is 2. The second-order valence-electron chi connectivity index (χ2n) is 6.51. The van der Waals surface area contributed by atoms with Gasteiger partial charge in [0.2, 0.25) is 5.91 Å². The molecule has 1 atom stereocenters. The average Bonchev–Trinajstić information content (AvgIpc) is 3.03. The van der Waals surface area contributed by atoms with E-state index in [4.69, 9.17) is 33.0 Å². The van der Waals surface area contributed by atoms with Crippen molar-refractivity contribution in [2.75, 3.05) is 19.8 Å². The molecule has 1 amide bonds. The van der Waals surface area contributed by atoms with Crippen molar-refractivity contribution in [3.63, 3.8) is 0 Å². The van der Waals surface area contributed by atoms with Crippen molar-refractivity contribution in [2.45, 2.75) is 38.3 Å². The number of aliphatic hydroxyl groups is 1. The second kappa shape index (κ2) is 6.76. The normalized spacial score (nSPS) is 20.8. The lowest BCUT2D eigenvalue weighted by molar-refractivity contribution is -0.135. The van der Waals surface area contributed by atoms with E-state index in [-0.39, 0.29) is 17.2 Å². The Hall–Kier alpha value is -1.34. The number of aromatic amines is 1. The number of nitrogens with zero attached hydrogens (tertiary/aromatic N) is 2. The first-order valence-electron chi connectivity index (χ1n) is 8.48. The Labute approximate surface area is 155 Å². The minimum absolute atomic E-state index is 0.116. The third kappa shape index (κ3) is 2.91. The van der Waals surface area contributed by atoms with Gasteiger partial charge in [-0.25, -0.2) is 4.98 Å². The zero-order valence-electron chi connectivity index (χ0n) is 13.6. The molecule has 0 aliphatic carbocycles. The third-order valence-corrected chi connectivity index (χ3v) is 5.76. The summed E-state index contributed by atoms with van der Waals surface area (Å²) in [4.78, 5) is 21.5. The van der Waals surface area contributed by atoms with Gasteiger partial charge in [0, 0.05) is 42.8 Å². The van der Waals surface area contributed by atoms with Crippen molar-refractivity contribution in [2.24, 2.45) is 0 Å². The first kappa shape index (κ1) is 17.1. The number of amides is 1. The van der Waals surface area contributed by atoms with Gasteiger partial charge in [0.05, 0.1) is 11.2 Å². The topological polar surface area (TPSA) is 78.5 Å². The van der Waals surface area contributed by atoms with Crippen LogP contribution in [0.5, 0.6) is 0 Å². The van der Waals surface area contributed by atoms with E-state index in [2.05, 4.69) is 9.97 Å². The fraction of sp³-hybridized carbons (Fsp3) is 0.529. The summed E-state index contributed by atoms with van der Waals surface area (Å²) in [6.45, 7) is 1.21. The molecule has 2 N–H and O–H groups in total. The van der Waals surface area contributed by atoms with Crippen LogP contribution in [-0.2, 0) is 22.5 Å². The van der Waals surface area contributed by atoms with Crippen LogP contribution in [0, 0.1) is 0 Å². The van der Waals surface area contributed by atoms with E-state index in [0.29, 0.717) is 31.1 Å². The van der Waals surface area contributed by atoms with Crippen molar-refractivity contribution in [1.82, 2.24) is 14.9 Å². The van der Waals surface area contributed by atoms with Gasteiger partial charge in [-0.15, -0.1) is 0 Å². The fourth-order valence-corrected chi connectivity index (χ4v) is 4.13. The van der Waals surface area contributed by atoms with Crippen LogP contribution >= 0.6 is 23.2 Å². The second-order valence-corrected chi connectivity index (χ2v) is 7.25. The van der Waals surface area contributed by atoms with Gasteiger partial charge < -0.3 is 19.7 Å². The predicted molar refractivity (Wildman–Crippen MR) is 94.9 cm³/mol. The molecule has 8 heteroatoms. The monoisotopic (exact) mass is 383 g/mol. The van der Waals surface area contributed by atoms with Crippen LogP contribution in [-0.4, -0.2) is 45.6 Å². The number of hydrogen-bond acceptors (Lipinski definition) is 4. The molecule has 25 heavy (non-hydrogen) atoms. The summed E-state index contributed by atoms with van der Waals surface area (Å²) in [6.07, 6.45) is 3.57. The number of rotatable bonds is 2. The summed E-state index contributed by atoms with van der Waals surface area (Å²) in [5.74, 6) is -0.275. The van der Waals surface area contributed by atoms with Crippen molar-refractivity contribution in [3.8, 4) is 0 Å². The van der Waals surface area contributed by atoms with E-state index in [1.165, 1.54) is 0 Å². The highest BCUT2D eigenvalue weighted by molar-refractivity contribution is 6.44. The quantitative estimate of drug-likeness (QED) is 0.781. The zero-order valence-corrected chi connectivity index (χ0v) is 15.2. The maximum Gasteiger partial charge on any atom is 0.248 e. The van der Waals surface area contributed by atoms with Gasteiger partial charge in [0.1, 0.15) is 22.9 Å². The molecule has 1 fully saturated rings. The summed E-state index contributed by atoms with van der Waals surface area (Å²) in [6, 6.07) is 0. The molecule has 2 aromatic rings. The lowest BCUT2D eigenvalue weighted by Gasteiger charge is -2.28. The van der Waals surface area contributed by atoms with E-state index < -0.39 is 6.61 Å². The molecule has 2 aromatic heterocycles. The van der Waals surface area contributed by atoms with Crippen molar-refractivity contribution in [1.29, 1.82) is 0 Å². The summed E-state index contributed by atoms with van der Waals surface area (Å²) in [7, 11) is 0. The Bertz CT molecular complexity index is 830. The minimum atomic E-state index is -0.485. The molecule has 0 aromatic carbocycles. The molecule has 134 valence electrons. The third-order valence-electron chi connectivity index (χ3n) is 5.02. The molecule has 4 rings (SSSR count). The Morgan fingerprint density at radius 3 is 2.96 bits per heavy atom. The number of aromatic nitrogens is 2. The summed E-state index contributed by atoms with van der Waals surface area (Å²) >= 11 is 12.7. The van der Waals surface area contributed by atoms with Gasteiger partial charge in [-0.05, 0) is 19.3 Å². The molecular weight excluding hydrogens is 365 g/mol. The number of hydrogen-bond donors (Lipinski definition) is 2. The Morgan fingerprint density at radius 2 is 2.24 bits per heavy atom. The van der Waals surface area contributed by atoms with E-state index in [9.17, 15) is 4.79 Å². The molecular formula is C17H19Cl2N3O3. The molecule has 0 radical (unpaired) electrons. The van der Waals surface area contributed by atoms with Crippen LogP contribution in [0.3, 0.4) is 0 Å². The van der Waals surface area contributed by atoms with Crippen molar-refractivity contribution >= 4 is 40.0 Å². The van der Waals surface area contributed by atoms with Crippen LogP contribution < -0.4 is 0 Å². The van der Waals surface area contributed by atoms with Gasteiger partial charge in [-0.1, -0.05) is 23.2 Å². The Kier molecular flexibility index (Phi) is 4.62. The molecule has 0 bridgehead atoms. The smallest absolute Gasteiger partial charge is 0.248 e. The largest absolute Gasteiger partial charge is 0.387 e. The molecule has 2 aliphatic heterocycles. The van der Waals surface area contributed by atoms with Gasteiger partial charge in [-0.2, -0.15) is 0 Å². The number of ether oxygens (including phenoxy) is 1. The molecule has 2 aliphatic rings. The van der Waals surface area contributed by atoms with Crippen molar-refractivity contribution in [3.05, 3.63) is 27.1 Å². The van der Waals surface area contributed by atoms with Crippen LogP contribution in [0.1, 0.15) is 42.3 Å². The summed E-state index contributed by atoms with van der Waals surface area (Å²) in [5, 5.41) is 10.7. The zero-order chi connectivity index (χ0) is 17.6. The number of carbonyl (C=O) groups excluding carboxylic acids is 1. The molecule has 1 saturated heterocycles. The van der Waals surface area contributed by atoms with Crippen LogP contribution in [0.25, 0.3) is 10.9 Å². The van der Waals surface area contributed by atoms with E-state index in [0.717, 1.165) is 47.1 Å². The average molecular weight is 384 g/mol. The van der Waals surface area contributed by atoms with E-state index in [1.807, 2.05) is 0 Å². The number of fused-ring (bicyclic) bond motifs is 3. The lowest BCUT2D eigenvalue weighted by Crippen LogP contribution is -2.37. The van der Waals surface area contributed by atoms with Crippen LogP contribution in [0.4, 0.5) is 0 Å². The van der Waals surface area contributed by atoms with Gasteiger partial charge in [0.15, 0.2) is 0 Å². The highest BCUT2D eigenvalue weighted by atomic mass is 35.5. The Morgan fingerprint density at radius 1 is 1.40 bits per heavy atom. The standard InChI is InChI=1S/C17H19Cl2N3O3/c18-14-16-13(15(21-17(14)19)11-3-1-2-6-25-11)9-7-22(12(24)8-23)5-4-10(9)20-16/h11,20,23H,1-8H2. The first-order chi connectivity index (χ1) is 12.1. The molecule has 0 spiro atoms. The summed E-state index contributed by atoms with van der Waals surface area (Å²) < 4.78 is 5.92. The first-order valence-corrected chi connectivity index (χ1v) is 9.24. The fourth-order valence-electron chi connectivity index (χ4n) is 3.76. The number of aliphatic hydroxyl groups excluding tert-OH is 1. The molecule has 6 nitrogen and oxygen atoms in total. The highest BCUT2D eigenvalue weighted by Crippen LogP contribution is 2.41. The van der Waals surface area contributed by atoms with Gasteiger partial charge in [0.25, 0.3) is 0 Å². The number of carbonyl (C=O) groups is 1. The van der Waals surface area contributed by atoms with Crippen LogP contribution in [0.2, 0.25) is 10.2 Å². The van der Waals surface area contributed by atoms with E-state index >= 15 is 0 Å². The number of nitrogens with one attached hydrogen (secondary N) is 1. The summed E-state index contributed by atoms with van der Waals surface area (Å²) in [5.41, 5.74) is 3.59. The molecule has 1 unspecified atom stereocenters. The number of H-pyrrole nitrogens is 1. The minimum Gasteiger partial charge on any atom is -0.387 e. The number of pyridine rings is 1. The Balaban J connectivity index is 1.86. The van der Waals surface area contributed by atoms with Crippen molar-refractivity contribution < 1.29 is 14.6 Å². The lowest BCUT2D eigenvalue weighted by atomic mass is 9.98. The predicted octanol–water partition coefficient (Wildman–Crippen LogP) is 2.99. The van der Waals surface area contributed by atoms with Gasteiger partial charge >= 0.3 is 0 Å². The van der Waals surface area contributed by atoms with Crippen LogP contribution in [0.15, 0.2) is 0 Å². The maximum absolute atomic E-state index is 11.9. The molecule has 0 saturated carbocycles. The highest BCUT2D eigenvalue weighted by Gasteiger charge is 2.30. The van der Waals surface area contributed by atoms with E-state index in [1.54, 1.807) is 4.90 Å². The van der Waals surface area contributed by atoms with Gasteiger partial charge in [-0.3, -0.25) is 4.79 Å². The molecule has 4 heterocycles. The maximum atomic E-state index is 11.9. The SMILES string of the molecule is O=C(CO)N1CCc2[nH]c3c(Cl)c(Cl)nc(C4CCCCO4)c3c2C1.